The second kappa shape index (κ2) is 6.10. The number of hydrogen-bond donors (Lipinski definition) is 2. The van der Waals surface area contributed by atoms with Gasteiger partial charge in [-0.2, -0.15) is 5.10 Å². The summed E-state index contributed by atoms with van der Waals surface area (Å²) in [6.45, 7) is 6.34. The summed E-state index contributed by atoms with van der Waals surface area (Å²) in [5.74, 6) is -0.126. The molecular weight excluding hydrogens is 264 g/mol. The summed E-state index contributed by atoms with van der Waals surface area (Å²) in [4.78, 5) is 12.0. The molecule has 2 aromatic rings. The van der Waals surface area contributed by atoms with Crippen LogP contribution in [0.3, 0.4) is 0 Å². The lowest BCUT2D eigenvalue weighted by Gasteiger charge is -2.25. The van der Waals surface area contributed by atoms with E-state index >= 15 is 0 Å². The Morgan fingerprint density at radius 2 is 2.00 bits per heavy atom. The van der Waals surface area contributed by atoms with Crippen LogP contribution in [0, 0.1) is 5.41 Å². The van der Waals surface area contributed by atoms with E-state index in [0.717, 1.165) is 11.3 Å². The van der Waals surface area contributed by atoms with Gasteiger partial charge in [0.05, 0.1) is 11.7 Å². The molecule has 0 saturated heterocycles. The fourth-order valence-corrected chi connectivity index (χ4v) is 1.88. The second-order valence-electron chi connectivity index (χ2n) is 6.18. The molecule has 5 nitrogen and oxygen atoms in total. The molecule has 3 N–H and O–H groups in total. The Labute approximate surface area is 125 Å². The van der Waals surface area contributed by atoms with Gasteiger partial charge in [-0.25, -0.2) is 4.68 Å². The Balaban J connectivity index is 1.94. The minimum Gasteiger partial charge on any atom is -0.351 e. The molecule has 21 heavy (non-hydrogen) atoms. The van der Waals surface area contributed by atoms with Crippen LogP contribution in [-0.2, 0) is 11.3 Å². The molecule has 0 aliphatic heterocycles. The lowest BCUT2D eigenvalue weighted by atomic mass is 9.87. The molecule has 0 saturated carbocycles. The number of nitrogens with one attached hydrogen (secondary N) is 1. The summed E-state index contributed by atoms with van der Waals surface area (Å²) in [5.41, 5.74) is 7.70. The van der Waals surface area contributed by atoms with Crippen molar-refractivity contribution in [3.05, 3.63) is 48.3 Å². The third-order valence-corrected chi connectivity index (χ3v) is 3.39. The summed E-state index contributed by atoms with van der Waals surface area (Å²) in [6, 6.07) is 9.25. The maximum absolute atomic E-state index is 12.0. The van der Waals surface area contributed by atoms with Gasteiger partial charge in [0.25, 0.3) is 0 Å². The number of nitrogens with zero attached hydrogens (tertiary/aromatic N) is 2. The van der Waals surface area contributed by atoms with E-state index in [1.165, 1.54) is 0 Å². The van der Waals surface area contributed by atoms with Crippen molar-refractivity contribution in [2.75, 3.05) is 0 Å². The Kier molecular flexibility index (Phi) is 4.43. The zero-order chi connectivity index (χ0) is 15.5. The SMILES string of the molecule is CC(C)(C)[C@H](N)C(=O)NCc1ccc(-n2cccn2)cc1. The summed E-state index contributed by atoms with van der Waals surface area (Å²) in [7, 11) is 0. The summed E-state index contributed by atoms with van der Waals surface area (Å²) in [5, 5.41) is 7.04. The molecule has 0 bridgehead atoms. The topological polar surface area (TPSA) is 72.9 Å². The first-order valence-electron chi connectivity index (χ1n) is 7.00. The molecule has 1 aromatic carbocycles. The summed E-state index contributed by atoms with van der Waals surface area (Å²) >= 11 is 0. The van der Waals surface area contributed by atoms with E-state index < -0.39 is 6.04 Å². The highest BCUT2D eigenvalue weighted by atomic mass is 16.2. The Morgan fingerprint density at radius 1 is 1.33 bits per heavy atom. The molecule has 0 aliphatic carbocycles. The van der Waals surface area contributed by atoms with E-state index in [0.29, 0.717) is 6.54 Å². The van der Waals surface area contributed by atoms with Crippen LogP contribution in [0.1, 0.15) is 26.3 Å². The van der Waals surface area contributed by atoms with Crippen molar-refractivity contribution >= 4 is 5.91 Å². The van der Waals surface area contributed by atoms with Gasteiger partial charge in [0.15, 0.2) is 0 Å². The van der Waals surface area contributed by atoms with E-state index in [1.807, 2.05) is 57.3 Å². The third kappa shape index (κ3) is 3.92. The van der Waals surface area contributed by atoms with Gasteiger partial charge < -0.3 is 11.1 Å². The standard InChI is InChI=1S/C16H22N4O/c1-16(2,3)14(17)15(21)18-11-12-5-7-13(8-6-12)20-10-4-9-19-20/h4-10,14H,11,17H2,1-3H3,(H,18,21)/t14-/m1/s1. The van der Waals surface area contributed by atoms with Crippen LogP contribution < -0.4 is 11.1 Å². The molecule has 2 rings (SSSR count). The molecule has 1 atom stereocenters. The van der Waals surface area contributed by atoms with E-state index in [-0.39, 0.29) is 11.3 Å². The average Bonchev–Trinajstić information content (AvgIpc) is 2.97. The second-order valence-corrected chi connectivity index (χ2v) is 6.18. The van der Waals surface area contributed by atoms with E-state index in [9.17, 15) is 4.79 Å². The van der Waals surface area contributed by atoms with Gasteiger partial charge in [0, 0.05) is 18.9 Å². The number of hydrogen-bond acceptors (Lipinski definition) is 3. The number of carbonyl (C=O) groups is 1. The molecule has 5 heteroatoms. The van der Waals surface area contributed by atoms with E-state index in [1.54, 1.807) is 10.9 Å². The molecule has 0 fully saturated rings. The summed E-state index contributed by atoms with van der Waals surface area (Å²) < 4.78 is 1.79. The third-order valence-electron chi connectivity index (χ3n) is 3.39. The normalized spacial score (nSPS) is 13.0. The highest BCUT2D eigenvalue weighted by molar-refractivity contribution is 5.82. The van der Waals surface area contributed by atoms with Crippen molar-refractivity contribution in [3.63, 3.8) is 0 Å². The van der Waals surface area contributed by atoms with Gasteiger partial charge in [-0.1, -0.05) is 32.9 Å². The van der Waals surface area contributed by atoms with Crippen LogP contribution in [0.4, 0.5) is 0 Å². The smallest absolute Gasteiger partial charge is 0.237 e. The van der Waals surface area contributed by atoms with Crippen molar-refractivity contribution < 1.29 is 4.79 Å². The van der Waals surface area contributed by atoms with Crippen molar-refractivity contribution in [2.24, 2.45) is 11.1 Å². The maximum Gasteiger partial charge on any atom is 0.237 e. The van der Waals surface area contributed by atoms with Crippen LogP contribution in [0.25, 0.3) is 5.69 Å². The first-order chi connectivity index (χ1) is 9.88. The molecular formula is C16H22N4O. The first-order valence-corrected chi connectivity index (χ1v) is 7.00. The largest absolute Gasteiger partial charge is 0.351 e. The number of benzene rings is 1. The zero-order valence-electron chi connectivity index (χ0n) is 12.7. The van der Waals surface area contributed by atoms with E-state index in [4.69, 9.17) is 5.73 Å². The van der Waals surface area contributed by atoms with Crippen molar-refractivity contribution in [1.29, 1.82) is 0 Å². The predicted molar refractivity (Wildman–Crippen MR) is 82.8 cm³/mol. The Hall–Kier alpha value is -2.14. The maximum atomic E-state index is 12.0. The minimum absolute atomic E-state index is 0.126. The van der Waals surface area contributed by atoms with Gasteiger partial charge >= 0.3 is 0 Å². The quantitative estimate of drug-likeness (QED) is 0.901. The van der Waals surface area contributed by atoms with Gasteiger partial charge in [0.1, 0.15) is 0 Å². The lowest BCUT2D eigenvalue weighted by molar-refractivity contribution is -0.124. The van der Waals surface area contributed by atoms with Gasteiger partial charge in [-0.05, 0) is 29.2 Å². The average molecular weight is 286 g/mol. The molecule has 1 heterocycles. The van der Waals surface area contributed by atoms with Crippen LogP contribution in [0.15, 0.2) is 42.7 Å². The zero-order valence-corrected chi connectivity index (χ0v) is 12.7. The van der Waals surface area contributed by atoms with Gasteiger partial charge in [0.2, 0.25) is 5.91 Å². The predicted octanol–water partition coefficient (Wildman–Crippen LogP) is 1.86. The molecule has 0 unspecified atom stereocenters. The lowest BCUT2D eigenvalue weighted by Crippen LogP contribution is -2.48. The number of amides is 1. The Bertz CT molecular complexity index is 582. The molecule has 1 aromatic heterocycles. The molecule has 0 spiro atoms. The first kappa shape index (κ1) is 15.3. The fourth-order valence-electron chi connectivity index (χ4n) is 1.88. The molecule has 1 amide bonds. The van der Waals surface area contributed by atoms with Crippen LogP contribution in [0.2, 0.25) is 0 Å². The minimum atomic E-state index is -0.513. The van der Waals surface area contributed by atoms with Crippen molar-refractivity contribution in [2.45, 2.75) is 33.4 Å². The van der Waals surface area contributed by atoms with E-state index in [2.05, 4.69) is 10.4 Å². The van der Waals surface area contributed by atoms with Gasteiger partial charge in [-0.15, -0.1) is 0 Å². The Morgan fingerprint density at radius 3 is 2.52 bits per heavy atom. The monoisotopic (exact) mass is 286 g/mol. The van der Waals surface area contributed by atoms with Crippen LogP contribution in [-0.4, -0.2) is 21.7 Å². The number of carbonyl (C=O) groups excluding carboxylic acids is 1. The number of rotatable bonds is 4. The van der Waals surface area contributed by atoms with Crippen LogP contribution in [0.5, 0.6) is 0 Å². The fraction of sp³-hybridized carbons (Fsp3) is 0.375. The van der Waals surface area contributed by atoms with Crippen molar-refractivity contribution in [3.8, 4) is 5.69 Å². The van der Waals surface area contributed by atoms with Gasteiger partial charge in [-0.3, -0.25) is 4.79 Å². The number of nitrogens with two attached hydrogens (primary N) is 1. The highest BCUT2D eigenvalue weighted by Crippen LogP contribution is 2.17. The molecule has 0 radical (unpaired) electrons. The molecule has 0 aliphatic rings. The van der Waals surface area contributed by atoms with Crippen LogP contribution >= 0.6 is 0 Å². The highest BCUT2D eigenvalue weighted by Gasteiger charge is 2.26. The molecule has 112 valence electrons. The summed E-state index contributed by atoms with van der Waals surface area (Å²) in [6.07, 6.45) is 3.63. The van der Waals surface area contributed by atoms with Crippen molar-refractivity contribution in [1.82, 2.24) is 15.1 Å². The number of aromatic nitrogens is 2.